The van der Waals surface area contributed by atoms with E-state index in [4.69, 9.17) is 5.73 Å². The summed E-state index contributed by atoms with van der Waals surface area (Å²) in [6, 6.07) is 6.02. The van der Waals surface area contributed by atoms with Crippen LogP contribution in [0.2, 0.25) is 0 Å². The smallest absolute Gasteiger partial charge is 0.0632 e. The first-order valence-electron chi connectivity index (χ1n) is 5.98. The van der Waals surface area contributed by atoms with Crippen LogP contribution in [0.25, 0.3) is 10.8 Å². The third-order valence-corrected chi connectivity index (χ3v) is 4.63. The number of pyridine rings is 1. The van der Waals surface area contributed by atoms with Crippen molar-refractivity contribution < 1.29 is 4.21 Å². The van der Waals surface area contributed by atoms with Gasteiger partial charge in [-0.05, 0) is 12.1 Å². The number of hydrogen-bond donors (Lipinski definition) is 1. The van der Waals surface area contributed by atoms with Crippen molar-refractivity contribution in [1.29, 1.82) is 0 Å². The van der Waals surface area contributed by atoms with Crippen LogP contribution in [0, 0.1) is 0 Å². The Hall–Kier alpha value is -1.62. The van der Waals surface area contributed by atoms with Crippen LogP contribution in [-0.4, -0.2) is 33.8 Å². The normalized spacial score (nSPS) is 17.2. The van der Waals surface area contributed by atoms with Crippen LogP contribution in [0.15, 0.2) is 30.6 Å². The Balaban J connectivity index is 2.02. The summed E-state index contributed by atoms with van der Waals surface area (Å²) in [6.45, 7) is 1.63. The van der Waals surface area contributed by atoms with Crippen LogP contribution in [0.3, 0.4) is 0 Å². The highest BCUT2D eigenvalue weighted by Gasteiger charge is 2.18. The van der Waals surface area contributed by atoms with Crippen molar-refractivity contribution in [2.75, 3.05) is 35.2 Å². The second-order valence-corrected chi connectivity index (χ2v) is 6.13. The molecule has 0 radical (unpaired) electrons. The van der Waals surface area contributed by atoms with Gasteiger partial charge in [0.1, 0.15) is 0 Å². The molecule has 18 heavy (non-hydrogen) atoms. The maximum atomic E-state index is 11.4. The van der Waals surface area contributed by atoms with Gasteiger partial charge in [-0.15, -0.1) is 0 Å². The van der Waals surface area contributed by atoms with Crippen LogP contribution in [-0.2, 0) is 10.8 Å². The van der Waals surface area contributed by atoms with Crippen LogP contribution in [0.1, 0.15) is 0 Å². The Morgan fingerprint density at radius 2 is 2.00 bits per heavy atom. The van der Waals surface area contributed by atoms with E-state index in [9.17, 15) is 4.21 Å². The molecule has 2 N–H and O–H groups in total. The quantitative estimate of drug-likeness (QED) is 0.788. The van der Waals surface area contributed by atoms with Crippen LogP contribution >= 0.6 is 0 Å². The van der Waals surface area contributed by atoms with E-state index >= 15 is 0 Å². The molecule has 0 bridgehead atoms. The fourth-order valence-corrected chi connectivity index (χ4v) is 3.39. The van der Waals surface area contributed by atoms with Crippen molar-refractivity contribution in [3.05, 3.63) is 30.6 Å². The van der Waals surface area contributed by atoms with Gasteiger partial charge in [0.15, 0.2) is 0 Å². The average molecular weight is 261 g/mol. The Kier molecular flexibility index (Phi) is 2.91. The zero-order valence-electron chi connectivity index (χ0n) is 10.0. The summed E-state index contributed by atoms with van der Waals surface area (Å²) in [5, 5.41) is 2.09. The average Bonchev–Trinajstić information content (AvgIpc) is 2.41. The summed E-state index contributed by atoms with van der Waals surface area (Å²) in [5.41, 5.74) is 8.08. The topological polar surface area (TPSA) is 59.2 Å². The predicted octanol–water partition coefficient (Wildman–Crippen LogP) is 1.39. The number of hydrogen-bond acceptors (Lipinski definition) is 4. The standard InChI is InChI=1S/C13H15N3OS/c14-13-11-3-4-15-9-10(11)1-2-12(13)16-5-7-18(17)8-6-16/h1-4,9H,5-8,14H2. The van der Waals surface area contributed by atoms with E-state index in [0.717, 1.165) is 46.7 Å². The van der Waals surface area contributed by atoms with E-state index in [0.29, 0.717) is 0 Å². The maximum absolute atomic E-state index is 11.4. The van der Waals surface area contributed by atoms with Gasteiger partial charge in [-0.3, -0.25) is 9.19 Å². The summed E-state index contributed by atoms with van der Waals surface area (Å²) in [6.07, 6.45) is 3.58. The highest BCUT2D eigenvalue weighted by Crippen LogP contribution is 2.31. The lowest BCUT2D eigenvalue weighted by atomic mass is 10.1. The van der Waals surface area contributed by atoms with E-state index in [1.54, 1.807) is 6.20 Å². The summed E-state index contributed by atoms with van der Waals surface area (Å²) < 4.78 is 11.4. The van der Waals surface area contributed by atoms with Gasteiger partial charge in [-0.25, -0.2) is 0 Å². The molecule has 3 rings (SSSR count). The number of nitrogen functional groups attached to an aromatic ring is 1. The van der Waals surface area contributed by atoms with E-state index in [-0.39, 0.29) is 0 Å². The number of anilines is 2. The summed E-state index contributed by atoms with van der Waals surface area (Å²) in [7, 11) is -0.661. The molecule has 5 heteroatoms. The lowest BCUT2D eigenvalue weighted by Crippen LogP contribution is -2.38. The third kappa shape index (κ3) is 1.95. The fourth-order valence-electron chi connectivity index (χ4n) is 2.34. The molecule has 0 atom stereocenters. The summed E-state index contributed by atoms with van der Waals surface area (Å²) in [4.78, 5) is 6.32. The molecule has 1 aromatic carbocycles. The van der Waals surface area contributed by atoms with Gasteiger partial charge in [0.05, 0.1) is 11.4 Å². The number of rotatable bonds is 1. The molecule has 1 aliphatic heterocycles. The Morgan fingerprint density at radius 3 is 2.78 bits per heavy atom. The van der Waals surface area contributed by atoms with Gasteiger partial charge in [0, 0.05) is 58.6 Å². The van der Waals surface area contributed by atoms with Crippen molar-refractivity contribution >= 4 is 32.9 Å². The van der Waals surface area contributed by atoms with E-state index < -0.39 is 10.8 Å². The number of nitrogens with two attached hydrogens (primary N) is 1. The van der Waals surface area contributed by atoms with Crippen molar-refractivity contribution in [2.45, 2.75) is 0 Å². The lowest BCUT2D eigenvalue weighted by Gasteiger charge is -2.29. The first-order chi connectivity index (χ1) is 8.75. The number of fused-ring (bicyclic) bond motifs is 1. The molecule has 4 nitrogen and oxygen atoms in total. The molecule has 94 valence electrons. The molecule has 0 aliphatic carbocycles. The molecule has 2 aromatic rings. The zero-order chi connectivity index (χ0) is 12.5. The molecule has 0 amide bonds. The van der Waals surface area contributed by atoms with Crippen molar-refractivity contribution in [3.63, 3.8) is 0 Å². The number of aromatic nitrogens is 1. The third-order valence-electron chi connectivity index (χ3n) is 3.36. The summed E-state index contributed by atoms with van der Waals surface area (Å²) in [5.74, 6) is 1.46. The minimum atomic E-state index is -0.661. The van der Waals surface area contributed by atoms with Crippen molar-refractivity contribution in [3.8, 4) is 0 Å². The molecule has 1 saturated heterocycles. The van der Waals surface area contributed by atoms with Gasteiger partial charge in [-0.1, -0.05) is 6.07 Å². The fraction of sp³-hybridized carbons (Fsp3) is 0.308. The molecule has 0 spiro atoms. The number of benzene rings is 1. The van der Waals surface area contributed by atoms with Crippen LogP contribution in [0.5, 0.6) is 0 Å². The van der Waals surface area contributed by atoms with E-state index in [1.165, 1.54) is 0 Å². The molecular formula is C13H15N3OS. The summed E-state index contributed by atoms with van der Waals surface area (Å²) >= 11 is 0. The Morgan fingerprint density at radius 1 is 1.22 bits per heavy atom. The van der Waals surface area contributed by atoms with Crippen LogP contribution in [0.4, 0.5) is 11.4 Å². The largest absolute Gasteiger partial charge is 0.397 e. The highest BCUT2D eigenvalue weighted by atomic mass is 32.2. The van der Waals surface area contributed by atoms with Crippen molar-refractivity contribution in [2.24, 2.45) is 0 Å². The van der Waals surface area contributed by atoms with E-state index in [2.05, 4.69) is 9.88 Å². The highest BCUT2D eigenvalue weighted by molar-refractivity contribution is 7.85. The Labute approximate surface area is 108 Å². The van der Waals surface area contributed by atoms with Gasteiger partial charge in [-0.2, -0.15) is 0 Å². The monoisotopic (exact) mass is 261 g/mol. The maximum Gasteiger partial charge on any atom is 0.0632 e. The first kappa shape index (κ1) is 11.5. The molecule has 0 saturated carbocycles. The Bertz CT molecular complexity index is 604. The zero-order valence-corrected chi connectivity index (χ0v) is 10.8. The molecule has 1 fully saturated rings. The van der Waals surface area contributed by atoms with Gasteiger partial charge < -0.3 is 10.6 Å². The molecular weight excluding hydrogens is 246 g/mol. The second-order valence-electron chi connectivity index (χ2n) is 4.43. The van der Waals surface area contributed by atoms with Crippen molar-refractivity contribution in [1.82, 2.24) is 4.98 Å². The SMILES string of the molecule is Nc1c(N2CCS(=O)CC2)ccc2cnccc12. The lowest BCUT2D eigenvalue weighted by molar-refractivity contribution is 0.673. The predicted molar refractivity (Wildman–Crippen MR) is 76.2 cm³/mol. The molecule has 0 unspecified atom stereocenters. The minimum absolute atomic E-state index is 0.661. The molecule has 1 aliphatic rings. The molecule has 2 heterocycles. The van der Waals surface area contributed by atoms with Crippen LogP contribution < -0.4 is 10.6 Å². The second kappa shape index (κ2) is 4.57. The van der Waals surface area contributed by atoms with Gasteiger partial charge in [0.25, 0.3) is 0 Å². The molecule has 1 aromatic heterocycles. The minimum Gasteiger partial charge on any atom is -0.397 e. The van der Waals surface area contributed by atoms with Gasteiger partial charge >= 0.3 is 0 Å². The van der Waals surface area contributed by atoms with Gasteiger partial charge in [0.2, 0.25) is 0 Å². The van der Waals surface area contributed by atoms with E-state index in [1.807, 2.05) is 24.4 Å². The number of nitrogens with zero attached hydrogens (tertiary/aromatic N) is 2. The first-order valence-corrected chi connectivity index (χ1v) is 7.46.